The molecule has 1 aromatic heterocycles. The number of aryl methyl sites for hydroxylation is 1. The third-order valence-corrected chi connectivity index (χ3v) is 7.66. The fraction of sp³-hybridized carbons (Fsp3) is 0.500. The molecule has 1 aliphatic carbocycles. The van der Waals surface area contributed by atoms with Crippen LogP contribution in [0.4, 0.5) is 5.69 Å². The molecule has 0 N–H and O–H groups in total. The van der Waals surface area contributed by atoms with Crippen LogP contribution in [0.1, 0.15) is 53.9 Å². The van der Waals surface area contributed by atoms with Crippen LogP contribution in [0.5, 0.6) is 0 Å². The predicted octanol–water partition coefficient (Wildman–Crippen LogP) is 5.63. The molecule has 2 aromatic rings. The average Bonchev–Trinajstić information content (AvgIpc) is 3.20. The number of hydrogen-bond acceptors (Lipinski definition) is 5. The van der Waals surface area contributed by atoms with Gasteiger partial charge < -0.3 is 9.64 Å². The van der Waals surface area contributed by atoms with Crippen LogP contribution in [0.2, 0.25) is 0 Å². The summed E-state index contributed by atoms with van der Waals surface area (Å²) in [5.74, 6) is -0.281. The molecule has 1 aromatic carbocycles. The molecule has 166 valence electrons. The van der Waals surface area contributed by atoms with E-state index in [1.807, 2.05) is 35.6 Å². The molecule has 0 spiro atoms. The van der Waals surface area contributed by atoms with Gasteiger partial charge in [-0.05, 0) is 78.4 Å². The standard InChI is InChI=1S/C26H34N2O2S/c1-19-23(10-16-31-19)24-17-26(2,3)11-9-21(24)18-27-12-14-28(15-13-27)22-7-5-20(6-8-22)25(29)30-4/h5-8,10,16H,9,11-15,17-18H2,1-4H3. The van der Waals surface area contributed by atoms with Gasteiger partial charge >= 0.3 is 5.97 Å². The molecule has 0 amide bonds. The molecule has 2 aliphatic rings. The van der Waals surface area contributed by atoms with Gasteiger partial charge in [0, 0.05) is 43.3 Å². The maximum atomic E-state index is 11.7. The predicted molar refractivity (Wildman–Crippen MR) is 130 cm³/mol. The summed E-state index contributed by atoms with van der Waals surface area (Å²) in [5.41, 5.74) is 6.92. The van der Waals surface area contributed by atoms with E-state index in [1.54, 1.807) is 11.1 Å². The summed E-state index contributed by atoms with van der Waals surface area (Å²) >= 11 is 1.86. The van der Waals surface area contributed by atoms with E-state index in [1.165, 1.54) is 42.5 Å². The Morgan fingerprint density at radius 2 is 1.81 bits per heavy atom. The Morgan fingerprint density at radius 1 is 1.10 bits per heavy atom. The lowest BCUT2D eigenvalue weighted by atomic mass is 9.72. The zero-order valence-corrected chi connectivity index (χ0v) is 20.1. The zero-order valence-electron chi connectivity index (χ0n) is 19.2. The Labute approximate surface area is 190 Å². The SMILES string of the molecule is COC(=O)c1ccc(N2CCN(CC3=C(c4ccsc4C)CC(C)(C)CC3)CC2)cc1. The highest BCUT2D eigenvalue weighted by Crippen LogP contribution is 2.44. The maximum absolute atomic E-state index is 11.7. The smallest absolute Gasteiger partial charge is 0.337 e. The molecule has 0 bridgehead atoms. The minimum absolute atomic E-state index is 0.281. The minimum atomic E-state index is -0.281. The van der Waals surface area contributed by atoms with E-state index in [-0.39, 0.29) is 5.97 Å². The van der Waals surface area contributed by atoms with Crippen molar-refractivity contribution < 1.29 is 9.53 Å². The van der Waals surface area contributed by atoms with Crippen molar-refractivity contribution in [1.82, 2.24) is 4.90 Å². The lowest BCUT2D eigenvalue weighted by molar-refractivity contribution is 0.0600. The van der Waals surface area contributed by atoms with E-state index in [2.05, 4.69) is 42.0 Å². The number of benzene rings is 1. The van der Waals surface area contributed by atoms with Gasteiger partial charge in [-0.3, -0.25) is 4.90 Å². The number of thiophene rings is 1. The molecular weight excluding hydrogens is 404 g/mol. The lowest BCUT2D eigenvalue weighted by Crippen LogP contribution is -2.47. The summed E-state index contributed by atoms with van der Waals surface area (Å²) in [7, 11) is 1.42. The summed E-state index contributed by atoms with van der Waals surface area (Å²) in [6, 6.07) is 10.1. The van der Waals surface area contributed by atoms with Crippen molar-refractivity contribution in [3.8, 4) is 0 Å². The maximum Gasteiger partial charge on any atom is 0.337 e. The van der Waals surface area contributed by atoms with Crippen molar-refractivity contribution in [3.63, 3.8) is 0 Å². The number of methoxy groups -OCH3 is 1. The quantitative estimate of drug-likeness (QED) is 0.567. The van der Waals surface area contributed by atoms with E-state index < -0.39 is 0 Å². The van der Waals surface area contributed by atoms with Gasteiger partial charge in [-0.2, -0.15) is 0 Å². The minimum Gasteiger partial charge on any atom is -0.465 e. The van der Waals surface area contributed by atoms with Crippen molar-refractivity contribution in [1.29, 1.82) is 0 Å². The van der Waals surface area contributed by atoms with Crippen molar-refractivity contribution in [2.45, 2.75) is 40.0 Å². The summed E-state index contributed by atoms with van der Waals surface area (Å²) in [5, 5.41) is 2.24. The second kappa shape index (κ2) is 9.17. The van der Waals surface area contributed by atoms with Crippen molar-refractivity contribution in [3.05, 3.63) is 57.3 Å². The first-order chi connectivity index (χ1) is 14.9. The molecule has 4 nitrogen and oxygen atoms in total. The Balaban J connectivity index is 1.42. The fourth-order valence-electron chi connectivity index (χ4n) is 4.85. The van der Waals surface area contributed by atoms with Gasteiger partial charge in [-0.1, -0.05) is 19.4 Å². The number of piperazine rings is 1. The Morgan fingerprint density at radius 3 is 2.42 bits per heavy atom. The summed E-state index contributed by atoms with van der Waals surface area (Å²) in [4.78, 5) is 18.1. The monoisotopic (exact) mass is 438 g/mol. The first-order valence-electron chi connectivity index (χ1n) is 11.3. The van der Waals surface area contributed by atoms with Gasteiger partial charge in [0.15, 0.2) is 0 Å². The van der Waals surface area contributed by atoms with Crippen LogP contribution in [-0.4, -0.2) is 50.7 Å². The number of anilines is 1. The van der Waals surface area contributed by atoms with Crippen LogP contribution in [0, 0.1) is 12.3 Å². The molecule has 4 rings (SSSR count). The van der Waals surface area contributed by atoms with Crippen LogP contribution >= 0.6 is 11.3 Å². The number of rotatable bonds is 5. The van der Waals surface area contributed by atoms with Gasteiger partial charge in [-0.25, -0.2) is 4.79 Å². The Hall–Kier alpha value is -2.11. The van der Waals surface area contributed by atoms with E-state index in [4.69, 9.17) is 4.74 Å². The Kier molecular flexibility index (Phi) is 6.54. The summed E-state index contributed by atoms with van der Waals surface area (Å²) < 4.78 is 4.80. The van der Waals surface area contributed by atoms with E-state index in [9.17, 15) is 4.79 Å². The molecule has 0 atom stereocenters. The number of ether oxygens (including phenoxy) is 1. The molecule has 31 heavy (non-hydrogen) atoms. The molecule has 2 heterocycles. The van der Waals surface area contributed by atoms with Crippen LogP contribution < -0.4 is 4.90 Å². The van der Waals surface area contributed by atoms with E-state index in [0.717, 1.165) is 32.7 Å². The molecule has 1 fully saturated rings. The average molecular weight is 439 g/mol. The summed E-state index contributed by atoms with van der Waals surface area (Å²) in [6.45, 7) is 12.4. The van der Waals surface area contributed by atoms with E-state index >= 15 is 0 Å². The van der Waals surface area contributed by atoms with Gasteiger partial charge in [0.25, 0.3) is 0 Å². The normalized spacial score (nSPS) is 19.5. The van der Waals surface area contributed by atoms with Crippen molar-refractivity contribution >= 4 is 28.6 Å². The molecule has 0 saturated carbocycles. The number of carbonyl (C=O) groups excluding carboxylic acids is 1. The molecular formula is C26H34N2O2S. The molecule has 1 saturated heterocycles. The zero-order chi connectivity index (χ0) is 22.0. The molecule has 0 unspecified atom stereocenters. The highest BCUT2D eigenvalue weighted by molar-refractivity contribution is 7.10. The second-order valence-corrected chi connectivity index (χ2v) is 10.7. The number of allylic oxidation sites excluding steroid dienone is 1. The number of hydrogen-bond donors (Lipinski definition) is 0. The third kappa shape index (κ3) is 5.04. The van der Waals surface area contributed by atoms with Gasteiger partial charge in [0.2, 0.25) is 0 Å². The largest absolute Gasteiger partial charge is 0.465 e. The summed E-state index contributed by atoms with van der Waals surface area (Å²) in [6.07, 6.45) is 3.68. The van der Waals surface area contributed by atoms with Crippen LogP contribution in [0.25, 0.3) is 5.57 Å². The number of nitrogens with zero attached hydrogens (tertiary/aromatic N) is 2. The first-order valence-corrected chi connectivity index (χ1v) is 12.2. The van der Waals surface area contributed by atoms with Crippen LogP contribution in [-0.2, 0) is 4.74 Å². The first kappa shape index (κ1) is 22.1. The number of esters is 1. The fourth-order valence-corrected chi connectivity index (χ4v) is 5.58. The van der Waals surface area contributed by atoms with Crippen molar-refractivity contribution in [2.24, 2.45) is 5.41 Å². The van der Waals surface area contributed by atoms with Gasteiger partial charge in [-0.15, -0.1) is 11.3 Å². The molecule has 5 heteroatoms. The number of carbonyl (C=O) groups is 1. The Bertz CT molecular complexity index is 950. The van der Waals surface area contributed by atoms with Gasteiger partial charge in [0.05, 0.1) is 12.7 Å². The highest BCUT2D eigenvalue weighted by Gasteiger charge is 2.30. The van der Waals surface area contributed by atoms with Crippen LogP contribution in [0.15, 0.2) is 41.3 Å². The van der Waals surface area contributed by atoms with Crippen LogP contribution in [0.3, 0.4) is 0 Å². The lowest BCUT2D eigenvalue weighted by Gasteiger charge is -2.39. The third-order valence-electron chi connectivity index (χ3n) is 6.81. The van der Waals surface area contributed by atoms with Crippen molar-refractivity contribution in [2.75, 3.05) is 44.7 Å². The molecule has 1 aliphatic heterocycles. The highest BCUT2D eigenvalue weighted by atomic mass is 32.1. The topological polar surface area (TPSA) is 32.8 Å². The second-order valence-electron chi connectivity index (χ2n) is 9.62. The van der Waals surface area contributed by atoms with E-state index in [0.29, 0.717) is 11.0 Å². The molecule has 0 radical (unpaired) electrons. The van der Waals surface area contributed by atoms with Gasteiger partial charge in [0.1, 0.15) is 0 Å².